The summed E-state index contributed by atoms with van der Waals surface area (Å²) < 4.78 is 0. The number of carbonyl (C=O) groups is 2. The number of piperidine rings is 1. The molecule has 1 aliphatic heterocycles. The SMILES string of the molecule is NC(=O)CNCc1ccc(C(=O)CNCCN2CCCCC2)cc1. The molecule has 0 bridgehead atoms. The summed E-state index contributed by atoms with van der Waals surface area (Å²) in [6.07, 6.45) is 3.93. The number of primary amides is 1. The van der Waals surface area contributed by atoms with Gasteiger partial charge in [-0.1, -0.05) is 30.7 Å². The Hall–Kier alpha value is -1.76. The fraction of sp³-hybridized carbons (Fsp3) is 0.556. The topological polar surface area (TPSA) is 87.5 Å². The quantitative estimate of drug-likeness (QED) is 0.429. The number of amides is 1. The Morgan fingerprint density at radius 2 is 1.71 bits per heavy atom. The van der Waals surface area contributed by atoms with E-state index in [1.807, 2.05) is 24.3 Å². The molecule has 2 rings (SSSR count). The molecule has 1 aliphatic rings. The van der Waals surface area contributed by atoms with Gasteiger partial charge in [0.25, 0.3) is 0 Å². The molecule has 1 aromatic rings. The van der Waals surface area contributed by atoms with Gasteiger partial charge in [-0.2, -0.15) is 0 Å². The van der Waals surface area contributed by atoms with E-state index in [0.717, 1.165) is 18.7 Å². The van der Waals surface area contributed by atoms with Crippen LogP contribution in [-0.4, -0.2) is 55.9 Å². The lowest BCUT2D eigenvalue weighted by atomic mass is 10.1. The highest BCUT2D eigenvalue weighted by molar-refractivity contribution is 5.97. The Balaban J connectivity index is 1.65. The molecular weight excluding hydrogens is 304 g/mol. The third kappa shape index (κ3) is 6.78. The van der Waals surface area contributed by atoms with Crippen molar-refractivity contribution in [3.63, 3.8) is 0 Å². The monoisotopic (exact) mass is 332 g/mol. The van der Waals surface area contributed by atoms with Crippen molar-refractivity contribution in [2.24, 2.45) is 5.73 Å². The second-order valence-electron chi connectivity index (χ2n) is 6.27. The molecule has 1 heterocycles. The summed E-state index contributed by atoms with van der Waals surface area (Å²) in [5, 5.41) is 6.18. The number of rotatable bonds is 10. The number of hydrogen-bond donors (Lipinski definition) is 3. The number of nitrogens with one attached hydrogen (secondary N) is 2. The van der Waals surface area contributed by atoms with Crippen LogP contribution < -0.4 is 16.4 Å². The molecule has 1 amide bonds. The van der Waals surface area contributed by atoms with Crippen LogP contribution in [0.4, 0.5) is 0 Å². The van der Waals surface area contributed by atoms with Crippen molar-refractivity contribution in [3.8, 4) is 0 Å². The lowest BCUT2D eigenvalue weighted by Gasteiger charge is -2.26. The number of Topliss-reactive ketones (excluding diaryl/α,β-unsaturated/α-hetero) is 1. The van der Waals surface area contributed by atoms with Crippen LogP contribution in [0.15, 0.2) is 24.3 Å². The summed E-state index contributed by atoms with van der Waals surface area (Å²) in [6.45, 7) is 5.31. The third-order valence-electron chi connectivity index (χ3n) is 4.24. The van der Waals surface area contributed by atoms with Crippen molar-refractivity contribution in [1.29, 1.82) is 0 Å². The van der Waals surface area contributed by atoms with Crippen molar-refractivity contribution < 1.29 is 9.59 Å². The minimum absolute atomic E-state index is 0.102. The first-order valence-electron chi connectivity index (χ1n) is 8.69. The molecule has 0 spiro atoms. The first-order chi connectivity index (χ1) is 11.6. The first kappa shape index (κ1) is 18.6. The summed E-state index contributed by atoms with van der Waals surface area (Å²) in [4.78, 5) is 25.3. The molecule has 6 heteroatoms. The van der Waals surface area contributed by atoms with E-state index in [1.165, 1.54) is 32.4 Å². The minimum atomic E-state index is -0.377. The summed E-state index contributed by atoms with van der Waals surface area (Å²) in [6, 6.07) is 7.45. The average Bonchev–Trinajstić information content (AvgIpc) is 2.60. The van der Waals surface area contributed by atoms with Gasteiger partial charge in [0.05, 0.1) is 13.1 Å². The second-order valence-corrected chi connectivity index (χ2v) is 6.27. The maximum absolute atomic E-state index is 12.2. The molecule has 1 saturated heterocycles. The molecule has 132 valence electrons. The highest BCUT2D eigenvalue weighted by Crippen LogP contribution is 2.07. The van der Waals surface area contributed by atoms with Gasteiger partial charge in [-0.25, -0.2) is 0 Å². The molecular formula is C18H28N4O2. The normalized spacial score (nSPS) is 15.3. The molecule has 1 fully saturated rings. The highest BCUT2D eigenvalue weighted by atomic mass is 16.1. The number of hydrogen-bond acceptors (Lipinski definition) is 5. The van der Waals surface area contributed by atoms with E-state index < -0.39 is 0 Å². The smallest absolute Gasteiger partial charge is 0.231 e. The van der Waals surface area contributed by atoms with E-state index >= 15 is 0 Å². The van der Waals surface area contributed by atoms with Gasteiger partial charge in [-0.05, 0) is 31.5 Å². The predicted molar refractivity (Wildman–Crippen MR) is 94.8 cm³/mol. The largest absolute Gasteiger partial charge is 0.369 e. The molecule has 0 unspecified atom stereocenters. The van der Waals surface area contributed by atoms with Crippen molar-refractivity contribution in [2.75, 3.05) is 39.3 Å². The number of nitrogens with two attached hydrogens (primary N) is 1. The van der Waals surface area contributed by atoms with Crippen LogP contribution in [0, 0.1) is 0 Å². The van der Waals surface area contributed by atoms with Crippen LogP contribution in [0.2, 0.25) is 0 Å². The van der Waals surface area contributed by atoms with E-state index in [1.54, 1.807) is 0 Å². The fourth-order valence-corrected chi connectivity index (χ4v) is 2.86. The molecule has 4 N–H and O–H groups in total. The lowest BCUT2D eigenvalue weighted by Crippen LogP contribution is -2.37. The van der Waals surface area contributed by atoms with Crippen LogP contribution in [0.1, 0.15) is 35.2 Å². The zero-order valence-electron chi connectivity index (χ0n) is 14.2. The van der Waals surface area contributed by atoms with Gasteiger partial charge >= 0.3 is 0 Å². The Labute approximate surface area is 143 Å². The van der Waals surface area contributed by atoms with Crippen LogP contribution in [0.5, 0.6) is 0 Å². The summed E-state index contributed by atoms with van der Waals surface area (Å²) in [5.74, 6) is -0.275. The number of carbonyl (C=O) groups excluding carboxylic acids is 2. The van der Waals surface area contributed by atoms with Crippen molar-refractivity contribution in [3.05, 3.63) is 35.4 Å². The fourth-order valence-electron chi connectivity index (χ4n) is 2.86. The predicted octanol–water partition coefficient (Wildman–Crippen LogP) is 0.520. The van der Waals surface area contributed by atoms with E-state index in [0.29, 0.717) is 18.7 Å². The number of benzene rings is 1. The number of likely N-dealkylation sites (tertiary alicyclic amines) is 1. The second kappa shape index (κ2) is 10.2. The average molecular weight is 332 g/mol. The molecule has 24 heavy (non-hydrogen) atoms. The standard InChI is InChI=1S/C18H28N4O2/c19-18(24)14-21-12-15-4-6-16(7-5-15)17(23)13-20-8-11-22-9-2-1-3-10-22/h4-7,20-21H,1-3,8-14H2,(H2,19,24). The zero-order chi connectivity index (χ0) is 17.2. The van der Waals surface area contributed by atoms with Crippen molar-refractivity contribution in [2.45, 2.75) is 25.8 Å². The third-order valence-corrected chi connectivity index (χ3v) is 4.24. The van der Waals surface area contributed by atoms with Gasteiger partial charge in [-0.3, -0.25) is 9.59 Å². The summed E-state index contributed by atoms with van der Waals surface area (Å²) in [5.41, 5.74) is 6.80. The Morgan fingerprint density at radius 3 is 2.38 bits per heavy atom. The molecule has 6 nitrogen and oxygen atoms in total. The Morgan fingerprint density at radius 1 is 1.00 bits per heavy atom. The van der Waals surface area contributed by atoms with Crippen LogP contribution >= 0.6 is 0 Å². The summed E-state index contributed by atoms with van der Waals surface area (Å²) >= 11 is 0. The molecule has 0 atom stereocenters. The first-order valence-corrected chi connectivity index (χ1v) is 8.69. The highest BCUT2D eigenvalue weighted by Gasteiger charge is 2.10. The van der Waals surface area contributed by atoms with Gasteiger partial charge in [0.2, 0.25) is 5.91 Å². The minimum Gasteiger partial charge on any atom is -0.369 e. The van der Waals surface area contributed by atoms with E-state index in [-0.39, 0.29) is 18.2 Å². The molecule has 1 aromatic carbocycles. The van der Waals surface area contributed by atoms with E-state index in [4.69, 9.17) is 5.73 Å². The Kier molecular flexibility index (Phi) is 7.88. The van der Waals surface area contributed by atoms with Gasteiger partial charge < -0.3 is 21.3 Å². The van der Waals surface area contributed by atoms with Crippen molar-refractivity contribution >= 4 is 11.7 Å². The maximum Gasteiger partial charge on any atom is 0.231 e. The van der Waals surface area contributed by atoms with Crippen LogP contribution in [-0.2, 0) is 11.3 Å². The lowest BCUT2D eigenvalue weighted by molar-refractivity contribution is -0.117. The molecule has 0 radical (unpaired) electrons. The van der Waals surface area contributed by atoms with E-state index in [9.17, 15) is 9.59 Å². The van der Waals surface area contributed by atoms with Gasteiger partial charge in [0, 0.05) is 25.2 Å². The van der Waals surface area contributed by atoms with E-state index in [2.05, 4.69) is 15.5 Å². The number of ketones is 1. The molecule has 0 aromatic heterocycles. The van der Waals surface area contributed by atoms with Crippen molar-refractivity contribution in [1.82, 2.24) is 15.5 Å². The van der Waals surface area contributed by atoms with Gasteiger partial charge in [0.15, 0.2) is 5.78 Å². The molecule has 0 saturated carbocycles. The van der Waals surface area contributed by atoms with Crippen LogP contribution in [0.3, 0.4) is 0 Å². The zero-order valence-corrected chi connectivity index (χ0v) is 14.2. The van der Waals surface area contributed by atoms with Gasteiger partial charge in [0.1, 0.15) is 0 Å². The maximum atomic E-state index is 12.2. The van der Waals surface area contributed by atoms with Crippen LogP contribution in [0.25, 0.3) is 0 Å². The Bertz CT molecular complexity index is 524. The summed E-state index contributed by atoms with van der Waals surface area (Å²) in [7, 11) is 0. The number of nitrogens with zero attached hydrogens (tertiary/aromatic N) is 1. The van der Waals surface area contributed by atoms with Gasteiger partial charge in [-0.15, -0.1) is 0 Å². The molecule has 0 aliphatic carbocycles.